The molecule has 3 saturated carbocycles. The van der Waals surface area contributed by atoms with Gasteiger partial charge in [0.05, 0.1) is 18.1 Å². The molecule has 1 heterocycles. The van der Waals surface area contributed by atoms with Crippen LogP contribution < -0.4 is 0 Å². The minimum Gasteiger partial charge on any atom is -0.461 e. The van der Waals surface area contributed by atoms with Gasteiger partial charge in [-0.25, -0.2) is 4.39 Å². The van der Waals surface area contributed by atoms with Gasteiger partial charge in [-0.1, -0.05) is 33.8 Å². The maximum absolute atomic E-state index is 13.5. The number of aromatic nitrogens is 1. The van der Waals surface area contributed by atoms with Crippen LogP contribution in [0.25, 0.3) is 0 Å². The van der Waals surface area contributed by atoms with Crippen molar-refractivity contribution in [3.05, 3.63) is 36.9 Å². The second-order valence-electron chi connectivity index (χ2n) is 11.2. The highest BCUT2D eigenvalue weighted by molar-refractivity contribution is 8.00. The molecular formula is C27H36FNO4S. The molecule has 0 aliphatic heterocycles. The summed E-state index contributed by atoms with van der Waals surface area (Å²) in [5.74, 6) is -0.753. The van der Waals surface area contributed by atoms with Gasteiger partial charge in [-0.05, 0) is 49.0 Å². The monoisotopic (exact) mass is 489 g/mol. The molecular weight excluding hydrogens is 453 g/mol. The van der Waals surface area contributed by atoms with Gasteiger partial charge in [0.25, 0.3) is 0 Å². The predicted octanol–water partition coefficient (Wildman–Crippen LogP) is 5.22. The van der Waals surface area contributed by atoms with Gasteiger partial charge in [-0.3, -0.25) is 14.6 Å². The number of esters is 1. The number of carbonyl (C=O) groups is 2. The first-order valence-electron chi connectivity index (χ1n) is 12.2. The molecule has 1 N–H and O–H groups in total. The molecule has 1 aromatic rings. The topological polar surface area (TPSA) is 76.5 Å². The van der Waals surface area contributed by atoms with Crippen LogP contribution in [0.15, 0.2) is 36.0 Å². The van der Waals surface area contributed by atoms with Crippen LogP contribution in [0.3, 0.4) is 0 Å². The zero-order chi connectivity index (χ0) is 24.9. The van der Waals surface area contributed by atoms with E-state index in [9.17, 15) is 19.1 Å². The normalized spacial score (nSPS) is 41.8. The average Bonchev–Trinajstić information content (AvgIpc) is 3.16. The Morgan fingerprint density at radius 3 is 2.76 bits per heavy atom. The lowest BCUT2D eigenvalue weighted by Crippen LogP contribution is -2.63. The minimum atomic E-state index is -0.690. The molecule has 0 unspecified atom stereocenters. The van der Waals surface area contributed by atoms with Crippen LogP contribution in [0.4, 0.5) is 4.39 Å². The van der Waals surface area contributed by atoms with Crippen LogP contribution in [0.2, 0.25) is 0 Å². The SMILES string of the molecule is C=C[C@]1(C)C[C@@H](OC(=O)CSc2cncc(F)c2)[C@]2(C)[C@H](C)CC[C@]3(CCC(=O)[C@H]32)[C@@H](C)[C@@H]1O. The van der Waals surface area contributed by atoms with Crippen LogP contribution in [0.1, 0.15) is 59.8 Å². The van der Waals surface area contributed by atoms with E-state index in [2.05, 4.69) is 32.3 Å². The molecule has 1 aromatic heterocycles. The van der Waals surface area contributed by atoms with Crippen molar-refractivity contribution < 1.29 is 23.8 Å². The third kappa shape index (κ3) is 3.93. The summed E-state index contributed by atoms with van der Waals surface area (Å²) >= 11 is 1.18. The second kappa shape index (κ2) is 9.05. The number of Topliss-reactive ketones (excluding diaryl/α,β-unsaturated/α-hetero) is 1. The van der Waals surface area contributed by atoms with E-state index in [4.69, 9.17) is 4.74 Å². The molecule has 0 spiro atoms. The number of thioether (sulfide) groups is 1. The number of ether oxygens (including phenoxy) is 1. The Morgan fingerprint density at radius 2 is 2.09 bits per heavy atom. The van der Waals surface area contributed by atoms with Crippen molar-refractivity contribution >= 4 is 23.5 Å². The van der Waals surface area contributed by atoms with Crippen LogP contribution in [-0.2, 0) is 14.3 Å². The lowest BCUT2D eigenvalue weighted by molar-refractivity contribution is -0.205. The second-order valence-corrected chi connectivity index (χ2v) is 12.2. The van der Waals surface area contributed by atoms with Crippen LogP contribution in [0, 0.1) is 39.8 Å². The molecule has 7 heteroatoms. The highest BCUT2D eigenvalue weighted by Crippen LogP contribution is 2.68. The zero-order valence-electron chi connectivity index (χ0n) is 20.6. The largest absolute Gasteiger partial charge is 0.461 e. The minimum absolute atomic E-state index is 0.0135. The first kappa shape index (κ1) is 25.4. The van der Waals surface area contributed by atoms with Crippen molar-refractivity contribution in [2.75, 3.05) is 5.75 Å². The molecule has 0 amide bonds. The molecule has 34 heavy (non-hydrogen) atoms. The average molecular weight is 490 g/mol. The Kier molecular flexibility index (Phi) is 6.75. The fourth-order valence-corrected chi connectivity index (χ4v) is 7.99. The van der Waals surface area contributed by atoms with E-state index >= 15 is 0 Å². The number of ketones is 1. The van der Waals surface area contributed by atoms with Crippen molar-refractivity contribution in [1.82, 2.24) is 4.98 Å². The highest BCUT2D eigenvalue weighted by atomic mass is 32.2. The van der Waals surface area contributed by atoms with E-state index in [1.54, 1.807) is 6.08 Å². The van der Waals surface area contributed by atoms with Crippen LogP contribution >= 0.6 is 11.8 Å². The third-order valence-corrected chi connectivity index (χ3v) is 10.5. The van der Waals surface area contributed by atoms with Gasteiger partial charge in [0.1, 0.15) is 17.7 Å². The lowest BCUT2D eigenvalue weighted by atomic mass is 9.44. The lowest BCUT2D eigenvalue weighted by Gasteiger charge is -2.61. The van der Waals surface area contributed by atoms with E-state index in [1.807, 2.05) is 6.92 Å². The summed E-state index contributed by atoms with van der Waals surface area (Å²) in [6.45, 7) is 12.4. The first-order chi connectivity index (χ1) is 16.0. The van der Waals surface area contributed by atoms with E-state index in [0.717, 1.165) is 25.5 Å². The number of nitrogens with zero attached hydrogens (tertiary/aromatic N) is 1. The van der Waals surface area contributed by atoms with Crippen molar-refractivity contribution in [2.24, 2.45) is 34.0 Å². The number of pyridine rings is 1. The zero-order valence-corrected chi connectivity index (χ0v) is 21.4. The number of hydrogen-bond acceptors (Lipinski definition) is 6. The summed E-state index contributed by atoms with van der Waals surface area (Å²) in [5, 5.41) is 11.6. The van der Waals surface area contributed by atoms with E-state index in [1.165, 1.54) is 24.0 Å². The van der Waals surface area contributed by atoms with Crippen molar-refractivity contribution in [3.8, 4) is 0 Å². The third-order valence-electron chi connectivity index (χ3n) is 9.61. The molecule has 0 saturated heterocycles. The molecule has 0 aromatic carbocycles. The fourth-order valence-electron chi connectivity index (χ4n) is 7.31. The Hall–Kier alpha value is -1.73. The van der Waals surface area contributed by atoms with Gasteiger partial charge in [-0.2, -0.15) is 0 Å². The Morgan fingerprint density at radius 1 is 1.35 bits per heavy atom. The molecule has 5 nitrogen and oxygen atoms in total. The first-order valence-corrected chi connectivity index (χ1v) is 13.2. The maximum Gasteiger partial charge on any atom is 0.316 e. The quantitative estimate of drug-likeness (QED) is 0.347. The molecule has 0 radical (unpaired) electrons. The molecule has 3 aliphatic carbocycles. The van der Waals surface area contributed by atoms with E-state index in [-0.39, 0.29) is 34.7 Å². The van der Waals surface area contributed by atoms with Crippen molar-refractivity contribution in [1.29, 1.82) is 0 Å². The van der Waals surface area contributed by atoms with Gasteiger partial charge in [0.2, 0.25) is 0 Å². The van der Waals surface area contributed by atoms with Crippen molar-refractivity contribution in [3.63, 3.8) is 0 Å². The van der Waals surface area contributed by atoms with Gasteiger partial charge in [0.15, 0.2) is 0 Å². The standard InChI is InChI=1S/C27H36FNO4S/c1-6-25(4)12-21(33-22(31)15-34-19-11-18(28)13-29-14-19)26(5)16(2)7-9-27(17(3)24(25)32)10-8-20(30)23(26)27/h6,11,13-14,16-17,21,23-24,32H,1,7-10,12,15H2,2-5H3/t16-,17+,21-,23+,24+,25-,26+,27+/m1/s1. The Labute approximate surface area is 205 Å². The molecule has 3 aliphatic rings. The van der Waals surface area contributed by atoms with Gasteiger partial charge >= 0.3 is 5.97 Å². The summed E-state index contributed by atoms with van der Waals surface area (Å²) in [4.78, 5) is 30.8. The molecule has 8 atom stereocenters. The molecule has 2 bridgehead atoms. The Bertz CT molecular complexity index is 987. The van der Waals surface area contributed by atoms with Crippen molar-refractivity contribution in [2.45, 2.75) is 76.9 Å². The van der Waals surface area contributed by atoms with Gasteiger partial charge in [0, 0.05) is 34.3 Å². The summed E-state index contributed by atoms with van der Waals surface area (Å²) < 4.78 is 19.7. The number of hydrogen-bond donors (Lipinski definition) is 1. The summed E-state index contributed by atoms with van der Waals surface area (Å²) in [5.41, 5.74) is -1.49. The number of carbonyl (C=O) groups excluding carboxylic acids is 2. The smallest absolute Gasteiger partial charge is 0.316 e. The summed E-state index contributed by atoms with van der Waals surface area (Å²) in [6.07, 6.45) is 6.71. The number of rotatable bonds is 5. The van der Waals surface area contributed by atoms with Crippen LogP contribution in [0.5, 0.6) is 0 Å². The molecule has 3 fully saturated rings. The number of aliphatic hydroxyl groups is 1. The predicted molar refractivity (Wildman–Crippen MR) is 130 cm³/mol. The molecule has 4 rings (SSSR count). The summed E-state index contributed by atoms with van der Waals surface area (Å²) in [6, 6.07) is 1.34. The number of aliphatic hydroxyl groups excluding tert-OH is 1. The van der Waals surface area contributed by atoms with Crippen LogP contribution in [-0.4, -0.2) is 39.8 Å². The maximum atomic E-state index is 13.5. The highest BCUT2D eigenvalue weighted by Gasteiger charge is 2.68. The van der Waals surface area contributed by atoms with Gasteiger partial charge < -0.3 is 9.84 Å². The molecule has 186 valence electrons. The van der Waals surface area contributed by atoms with Gasteiger partial charge in [-0.15, -0.1) is 18.3 Å². The summed E-state index contributed by atoms with van der Waals surface area (Å²) in [7, 11) is 0. The number of halogens is 1. The Balaban J connectivity index is 1.68. The van der Waals surface area contributed by atoms with E-state index in [0.29, 0.717) is 17.7 Å². The fraction of sp³-hybridized carbons (Fsp3) is 0.667. The van der Waals surface area contributed by atoms with E-state index < -0.39 is 34.8 Å².